The molecular weight excluding hydrogens is 418 g/mol. The fourth-order valence-corrected chi connectivity index (χ4v) is 4.10. The zero-order valence-electron chi connectivity index (χ0n) is 20.8. The molecule has 1 unspecified atom stereocenters. The van der Waals surface area contributed by atoms with E-state index in [9.17, 15) is 14.7 Å². The van der Waals surface area contributed by atoms with E-state index < -0.39 is 5.97 Å². The maximum atomic E-state index is 13.2. The van der Waals surface area contributed by atoms with Crippen LogP contribution in [0.15, 0.2) is 36.4 Å². The van der Waals surface area contributed by atoms with Gasteiger partial charge in [0.05, 0.1) is 20.6 Å². The van der Waals surface area contributed by atoms with Gasteiger partial charge in [-0.3, -0.25) is 9.59 Å². The van der Waals surface area contributed by atoms with E-state index in [0.717, 1.165) is 17.5 Å². The normalized spacial score (nSPS) is 12.4. The van der Waals surface area contributed by atoms with Crippen LogP contribution in [0.25, 0.3) is 0 Å². The Balaban J connectivity index is 2.35. The third kappa shape index (κ3) is 7.52. The molecule has 1 atom stereocenters. The van der Waals surface area contributed by atoms with E-state index in [-0.39, 0.29) is 30.1 Å². The summed E-state index contributed by atoms with van der Waals surface area (Å²) in [6, 6.07) is 11.2. The van der Waals surface area contributed by atoms with E-state index in [4.69, 9.17) is 9.47 Å². The average molecular weight is 456 g/mol. The summed E-state index contributed by atoms with van der Waals surface area (Å²) < 4.78 is 10.9. The number of benzene rings is 2. The Morgan fingerprint density at radius 1 is 1.03 bits per heavy atom. The molecule has 6 heteroatoms. The second-order valence-corrected chi connectivity index (χ2v) is 9.89. The van der Waals surface area contributed by atoms with Gasteiger partial charge in [0.1, 0.15) is 11.5 Å². The fourth-order valence-electron chi connectivity index (χ4n) is 4.10. The minimum absolute atomic E-state index is 0.0360. The number of nitrogens with one attached hydrogen (secondary N) is 1. The lowest BCUT2D eigenvalue weighted by molar-refractivity contribution is -0.136. The molecule has 0 saturated heterocycles. The number of methoxy groups -OCH3 is 2. The van der Waals surface area contributed by atoms with E-state index >= 15 is 0 Å². The third-order valence-electron chi connectivity index (χ3n) is 5.59. The van der Waals surface area contributed by atoms with Crippen LogP contribution in [0.2, 0.25) is 0 Å². The fraction of sp³-hybridized carbons (Fsp3) is 0.481. The number of anilines is 1. The van der Waals surface area contributed by atoms with Gasteiger partial charge in [0, 0.05) is 18.2 Å². The molecule has 0 heterocycles. The maximum Gasteiger partial charge on any atom is 0.307 e. The first-order valence-electron chi connectivity index (χ1n) is 11.3. The predicted octanol–water partition coefficient (Wildman–Crippen LogP) is 5.79. The maximum absolute atomic E-state index is 13.2. The molecule has 0 aromatic heterocycles. The molecule has 0 saturated carbocycles. The summed E-state index contributed by atoms with van der Waals surface area (Å²) >= 11 is 0. The van der Waals surface area contributed by atoms with Crippen LogP contribution in [0.4, 0.5) is 5.69 Å². The lowest BCUT2D eigenvalue weighted by Gasteiger charge is -2.25. The van der Waals surface area contributed by atoms with Gasteiger partial charge in [0.25, 0.3) is 0 Å². The van der Waals surface area contributed by atoms with Gasteiger partial charge in [0.15, 0.2) is 0 Å². The van der Waals surface area contributed by atoms with Crippen molar-refractivity contribution in [3.8, 4) is 11.5 Å². The minimum atomic E-state index is -0.903. The number of amides is 1. The van der Waals surface area contributed by atoms with Crippen LogP contribution in [0.5, 0.6) is 11.5 Å². The van der Waals surface area contributed by atoms with E-state index in [2.05, 4.69) is 39.9 Å². The number of carbonyl (C=O) groups is 2. The van der Waals surface area contributed by atoms with Crippen LogP contribution in [0.1, 0.15) is 70.1 Å². The second kappa shape index (κ2) is 11.2. The number of carboxylic acids is 1. The Hall–Kier alpha value is -3.02. The quantitative estimate of drug-likeness (QED) is 0.474. The molecule has 180 valence electrons. The van der Waals surface area contributed by atoms with Gasteiger partial charge in [0.2, 0.25) is 5.91 Å². The van der Waals surface area contributed by atoms with Crippen molar-refractivity contribution in [2.75, 3.05) is 19.5 Å². The number of carbonyl (C=O) groups excluding carboxylic acids is 1. The van der Waals surface area contributed by atoms with Crippen molar-refractivity contribution in [3.63, 3.8) is 0 Å². The van der Waals surface area contributed by atoms with Crippen molar-refractivity contribution < 1.29 is 24.2 Å². The summed E-state index contributed by atoms with van der Waals surface area (Å²) in [4.78, 5) is 24.4. The summed E-state index contributed by atoms with van der Waals surface area (Å²) in [5.74, 6) is 0.737. The summed E-state index contributed by atoms with van der Waals surface area (Å²) in [7, 11) is 3.23. The van der Waals surface area contributed by atoms with Crippen molar-refractivity contribution in [3.05, 3.63) is 53.1 Å². The lowest BCUT2D eigenvalue weighted by atomic mass is 9.84. The van der Waals surface area contributed by atoms with Gasteiger partial charge in [-0.15, -0.1) is 0 Å². The van der Waals surface area contributed by atoms with Crippen LogP contribution < -0.4 is 14.8 Å². The first kappa shape index (κ1) is 26.2. The van der Waals surface area contributed by atoms with Crippen molar-refractivity contribution in [2.45, 2.75) is 65.2 Å². The molecule has 0 aliphatic rings. The molecule has 2 aromatic carbocycles. The molecule has 0 radical (unpaired) electrons. The first-order chi connectivity index (χ1) is 15.4. The number of hydrogen-bond donors (Lipinski definition) is 2. The zero-order chi connectivity index (χ0) is 24.8. The van der Waals surface area contributed by atoms with Gasteiger partial charge >= 0.3 is 5.97 Å². The van der Waals surface area contributed by atoms with Crippen LogP contribution in [-0.4, -0.2) is 31.2 Å². The Kier molecular flexibility index (Phi) is 8.91. The van der Waals surface area contributed by atoms with Gasteiger partial charge in [-0.2, -0.15) is 0 Å². The van der Waals surface area contributed by atoms with E-state index in [1.54, 1.807) is 20.3 Å². The molecule has 0 aliphatic heterocycles. The van der Waals surface area contributed by atoms with Crippen molar-refractivity contribution in [1.82, 2.24) is 0 Å². The molecular formula is C27H37NO5. The van der Waals surface area contributed by atoms with Crippen molar-refractivity contribution >= 4 is 17.6 Å². The highest BCUT2D eigenvalue weighted by molar-refractivity contribution is 5.92. The monoisotopic (exact) mass is 455 g/mol. The standard InChI is InChI=1S/C27H37NO5/c1-17(2)12-19(21-10-9-20(32-6)16-24(21)33-7)15-25(29)28-23-13-18(14-26(30)31)8-11-22(23)27(3,4)5/h8-11,13,16-17,19H,12,14-15H2,1-7H3,(H,28,29)(H,30,31). The zero-order valence-corrected chi connectivity index (χ0v) is 20.8. The van der Waals surface area contributed by atoms with E-state index in [1.807, 2.05) is 30.3 Å². The van der Waals surface area contributed by atoms with Gasteiger partial charge < -0.3 is 19.9 Å². The van der Waals surface area contributed by atoms with Gasteiger partial charge in [-0.05, 0) is 52.5 Å². The highest BCUT2D eigenvalue weighted by atomic mass is 16.5. The van der Waals surface area contributed by atoms with Crippen molar-refractivity contribution in [2.24, 2.45) is 5.92 Å². The average Bonchev–Trinajstić information content (AvgIpc) is 2.71. The molecule has 1 amide bonds. The molecule has 0 aliphatic carbocycles. The Morgan fingerprint density at radius 3 is 2.27 bits per heavy atom. The SMILES string of the molecule is COc1ccc(C(CC(=O)Nc2cc(CC(=O)O)ccc2C(C)(C)C)CC(C)C)c(OC)c1. The lowest BCUT2D eigenvalue weighted by Crippen LogP contribution is -2.21. The molecule has 2 rings (SSSR count). The molecule has 0 bridgehead atoms. The summed E-state index contributed by atoms with van der Waals surface area (Å²) in [6.45, 7) is 10.5. The largest absolute Gasteiger partial charge is 0.497 e. The highest BCUT2D eigenvalue weighted by Gasteiger charge is 2.24. The summed E-state index contributed by atoms with van der Waals surface area (Å²) in [5, 5.41) is 12.2. The molecule has 6 nitrogen and oxygen atoms in total. The van der Waals surface area contributed by atoms with Crippen LogP contribution in [0, 0.1) is 5.92 Å². The number of rotatable bonds is 10. The number of hydrogen-bond acceptors (Lipinski definition) is 4. The topological polar surface area (TPSA) is 84.9 Å². The third-order valence-corrected chi connectivity index (χ3v) is 5.59. The molecule has 0 fully saturated rings. The number of ether oxygens (including phenoxy) is 2. The predicted molar refractivity (Wildman–Crippen MR) is 131 cm³/mol. The summed E-state index contributed by atoms with van der Waals surface area (Å²) in [5.41, 5.74) is 3.05. The Labute approximate surface area is 197 Å². The smallest absolute Gasteiger partial charge is 0.307 e. The van der Waals surface area contributed by atoms with Crippen molar-refractivity contribution in [1.29, 1.82) is 0 Å². The summed E-state index contributed by atoms with van der Waals surface area (Å²) in [6.07, 6.45) is 1.02. The minimum Gasteiger partial charge on any atom is -0.497 e. The van der Waals surface area contributed by atoms with E-state index in [1.165, 1.54) is 0 Å². The molecule has 33 heavy (non-hydrogen) atoms. The first-order valence-corrected chi connectivity index (χ1v) is 11.3. The molecule has 0 spiro atoms. The van der Waals surface area contributed by atoms with Crippen LogP contribution in [0.3, 0.4) is 0 Å². The molecule has 2 N–H and O–H groups in total. The van der Waals surface area contributed by atoms with Crippen LogP contribution >= 0.6 is 0 Å². The Bertz CT molecular complexity index is 975. The second-order valence-electron chi connectivity index (χ2n) is 9.89. The molecule has 2 aromatic rings. The number of carboxylic acid groups (broad SMARTS) is 1. The van der Waals surface area contributed by atoms with Crippen LogP contribution in [-0.2, 0) is 21.4 Å². The van der Waals surface area contributed by atoms with E-state index in [0.29, 0.717) is 28.7 Å². The number of aliphatic carboxylic acids is 1. The van der Waals surface area contributed by atoms with Gasteiger partial charge in [-0.25, -0.2) is 0 Å². The van der Waals surface area contributed by atoms with Gasteiger partial charge in [-0.1, -0.05) is 52.8 Å². The highest BCUT2D eigenvalue weighted by Crippen LogP contribution is 2.37. The Morgan fingerprint density at radius 2 is 1.73 bits per heavy atom.